The lowest BCUT2D eigenvalue weighted by atomic mass is 10.2. The SMILES string of the molecule is N#Cc1cc(I)cc(-n2nnc(-c3ccc(F)cn3)n2)c1. The Morgan fingerprint density at radius 3 is 2.81 bits per heavy atom. The molecule has 8 heteroatoms. The summed E-state index contributed by atoms with van der Waals surface area (Å²) in [5.41, 5.74) is 1.56. The first-order valence-electron chi connectivity index (χ1n) is 5.79. The highest BCUT2D eigenvalue weighted by Crippen LogP contribution is 2.16. The van der Waals surface area contributed by atoms with Crippen LogP contribution in [-0.4, -0.2) is 25.2 Å². The van der Waals surface area contributed by atoms with Crippen molar-refractivity contribution in [1.82, 2.24) is 25.2 Å². The van der Waals surface area contributed by atoms with Gasteiger partial charge in [-0.2, -0.15) is 5.26 Å². The Kier molecular flexibility index (Phi) is 3.57. The maximum absolute atomic E-state index is 12.8. The summed E-state index contributed by atoms with van der Waals surface area (Å²) >= 11 is 2.11. The number of nitrogens with zero attached hydrogens (tertiary/aromatic N) is 6. The fourth-order valence-corrected chi connectivity index (χ4v) is 2.34. The number of hydrogen-bond donors (Lipinski definition) is 0. The molecule has 0 aliphatic rings. The maximum atomic E-state index is 12.8. The summed E-state index contributed by atoms with van der Waals surface area (Å²) in [7, 11) is 0. The molecule has 0 fully saturated rings. The molecular weight excluding hydrogens is 386 g/mol. The largest absolute Gasteiger partial charge is 0.250 e. The highest BCUT2D eigenvalue weighted by atomic mass is 127. The van der Waals surface area contributed by atoms with Gasteiger partial charge in [-0.15, -0.1) is 15.0 Å². The first-order valence-corrected chi connectivity index (χ1v) is 6.86. The molecule has 0 unspecified atom stereocenters. The minimum absolute atomic E-state index is 0.285. The van der Waals surface area contributed by atoms with E-state index in [1.165, 1.54) is 16.9 Å². The Labute approximate surface area is 132 Å². The van der Waals surface area contributed by atoms with Crippen molar-refractivity contribution in [2.45, 2.75) is 0 Å². The Hall–Kier alpha value is -2.41. The monoisotopic (exact) mass is 392 g/mol. The fourth-order valence-electron chi connectivity index (χ4n) is 1.69. The Morgan fingerprint density at radius 2 is 2.10 bits per heavy atom. The van der Waals surface area contributed by atoms with Gasteiger partial charge in [0.05, 0.1) is 23.5 Å². The van der Waals surface area contributed by atoms with E-state index >= 15 is 0 Å². The number of halogens is 2. The zero-order chi connectivity index (χ0) is 14.8. The van der Waals surface area contributed by atoms with E-state index < -0.39 is 5.82 Å². The van der Waals surface area contributed by atoms with E-state index in [4.69, 9.17) is 5.26 Å². The normalized spacial score (nSPS) is 10.3. The van der Waals surface area contributed by atoms with Crippen molar-refractivity contribution in [3.05, 3.63) is 51.5 Å². The van der Waals surface area contributed by atoms with Gasteiger partial charge in [-0.1, -0.05) is 0 Å². The van der Waals surface area contributed by atoms with Crippen molar-refractivity contribution in [3.63, 3.8) is 0 Å². The number of tetrazole rings is 1. The van der Waals surface area contributed by atoms with Crippen LogP contribution in [0.5, 0.6) is 0 Å². The molecule has 1 aromatic carbocycles. The molecule has 0 radical (unpaired) electrons. The van der Waals surface area contributed by atoms with Gasteiger partial charge in [-0.25, -0.2) is 9.37 Å². The quantitative estimate of drug-likeness (QED) is 0.626. The molecule has 2 heterocycles. The predicted molar refractivity (Wildman–Crippen MR) is 79.8 cm³/mol. The van der Waals surface area contributed by atoms with Gasteiger partial charge in [0.2, 0.25) is 5.82 Å². The van der Waals surface area contributed by atoms with Gasteiger partial charge in [0.1, 0.15) is 11.5 Å². The minimum atomic E-state index is -0.428. The van der Waals surface area contributed by atoms with Gasteiger partial charge in [0.15, 0.2) is 0 Å². The highest BCUT2D eigenvalue weighted by molar-refractivity contribution is 14.1. The molecule has 0 atom stereocenters. The summed E-state index contributed by atoms with van der Waals surface area (Å²) in [4.78, 5) is 5.21. The van der Waals surface area contributed by atoms with Crippen molar-refractivity contribution in [2.24, 2.45) is 0 Å². The van der Waals surface area contributed by atoms with Gasteiger partial charge in [-0.3, -0.25) is 0 Å². The summed E-state index contributed by atoms with van der Waals surface area (Å²) in [5, 5.41) is 21.0. The molecule has 0 N–H and O–H groups in total. The lowest BCUT2D eigenvalue weighted by Crippen LogP contribution is -2.00. The second-order valence-corrected chi connectivity index (χ2v) is 5.32. The van der Waals surface area contributed by atoms with E-state index in [0.717, 1.165) is 9.77 Å². The molecule has 0 aliphatic carbocycles. The number of rotatable bonds is 2. The molecule has 3 aromatic rings. The van der Waals surface area contributed by atoms with Crippen LogP contribution in [0, 0.1) is 20.7 Å². The molecular formula is C13H6FIN6. The third kappa shape index (κ3) is 2.87. The third-order valence-electron chi connectivity index (χ3n) is 2.61. The van der Waals surface area contributed by atoms with Crippen LogP contribution in [0.2, 0.25) is 0 Å². The maximum Gasteiger partial charge on any atom is 0.223 e. The van der Waals surface area contributed by atoms with Crippen LogP contribution in [0.25, 0.3) is 17.2 Å². The van der Waals surface area contributed by atoms with Crippen LogP contribution < -0.4 is 0 Å². The smallest absolute Gasteiger partial charge is 0.223 e. The Balaban J connectivity index is 2.00. The average molecular weight is 392 g/mol. The van der Waals surface area contributed by atoms with Crippen LogP contribution in [0.15, 0.2) is 36.5 Å². The summed E-state index contributed by atoms with van der Waals surface area (Å²) < 4.78 is 13.7. The van der Waals surface area contributed by atoms with E-state index in [1.807, 2.05) is 6.07 Å². The summed E-state index contributed by atoms with van der Waals surface area (Å²) in [6.07, 6.45) is 1.09. The van der Waals surface area contributed by atoms with E-state index in [1.54, 1.807) is 12.1 Å². The van der Waals surface area contributed by atoms with E-state index in [2.05, 4.69) is 49.1 Å². The summed E-state index contributed by atoms with van der Waals surface area (Å²) in [6.45, 7) is 0. The van der Waals surface area contributed by atoms with E-state index in [0.29, 0.717) is 16.9 Å². The second-order valence-electron chi connectivity index (χ2n) is 4.07. The van der Waals surface area contributed by atoms with E-state index in [-0.39, 0.29) is 5.82 Å². The fraction of sp³-hybridized carbons (Fsp3) is 0. The summed E-state index contributed by atoms with van der Waals surface area (Å²) in [6, 6.07) is 10.1. The van der Waals surface area contributed by atoms with Crippen molar-refractivity contribution >= 4 is 22.6 Å². The predicted octanol–water partition coefficient (Wildman–Crippen LogP) is 2.34. The first kappa shape index (κ1) is 13.6. The van der Waals surface area contributed by atoms with Crippen LogP contribution >= 0.6 is 22.6 Å². The molecule has 0 amide bonds. The molecule has 0 spiro atoms. The standard InChI is InChI=1S/C13H6FIN6/c14-9-1-2-12(17-7-9)13-18-20-21(19-13)11-4-8(6-16)3-10(15)5-11/h1-5,7H. The van der Waals surface area contributed by atoms with Crippen molar-refractivity contribution < 1.29 is 4.39 Å². The molecule has 102 valence electrons. The molecule has 0 saturated heterocycles. The van der Waals surface area contributed by atoms with Crippen molar-refractivity contribution in [3.8, 4) is 23.3 Å². The molecule has 0 bridgehead atoms. The van der Waals surface area contributed by atoms with Gasteiger partial charge in [-0.05, 0) is 58.1 Å². The number of hydrogen-bond acceptors (Lipinski definition) is 5. The number of nitriles is 1. The van der Waals surface area contributed by atoms with Crippen LogP contribution in [0.3, 0.4) is 0 Å². The highest BCUT2D eigenvalue weighted by Gasteiger charge is 2.10. The molecule has 0 saturated carbocycles. The van der Waals surface area contributed by atoms with Gasteiger partial charge < -0.3 is 0 Å². The zero-order valence-electron chi connectivity index (χ0n) is 10.4. The average Bonchev–Trinajstić information content (AvgIpc) is 2.97. The van der Waals surface area contributed by atoms with E-state index in [9.17, 15) is 4.39 Å². The number of aromatic nitrogens is 5. The van der Waals surface area contributed by atoms with Gasteiger partial charge >= 0.3 is 0 Å². The van der Waals surface area contributed by atoms with Gasteiger partial charge in [0, 0.05) is 3.57 Å². The topological polar surface area (TPSA) is 80.3 Å². The molecule has 3 rings (SSSR count). The summed E-state index contributed by atoms with van der Waals surface area (Å²) in [5.74, 6) is -0.144. The van der Waals surface area contributed by atoms with Crippen LogP contribution in [0.4, 0.5) is 4.39 Å². The molecule has 0 aliphatic heterocycles. The van der Waals surface area contributed by atoms with Crippen molar-refractivity contribution in [1.29, 1.82) is 5.26 Å². The number of pyridine rings is 1. The van der Waals surface area contributed by atoms with Crippen LogP contribution in [0.1, 0.15) is 5.56 Å². The second kappa shape index (κ2) is 5.53. The third-order valence-corrected chi connectivity index (χ3v) is 3.24. The molecule has 2 aromatic heterocycles. The van der Waals surface area contributed by atoms with Crippen molar-refractivity contribution in [2.75, 3.05) is 0 Å². The molecule has 21 heavy (non-hydrogen) atoms. The van der Waals surface area contributed by atoms with Gasteiger partial charge in [0.25, 0.3) is 0 Å². The molecule has 6 nitrogen and oxygen atoms in total. The first-order chi connectivity index (χ1) is 10.2. The Morgan fingerprint density at radius 1 is 1.24 bits per heavy atom. The number of benzene rings is 1. The zero-order valence-corrected chi connectivity index (χ0v) is 12.6. The lowest BCUT2D eigenvalue weighted by molar-refractivity contribution is 0.621. The minimum Gasteiger partial charge on any atom is -0.250 e. The Bertz CT molecular complexity index is 837. The van der Waals surface area contributed by atoms with Crippen LogP contribution in [-0.2, 0) is 0 Å². The lowest BCUT2D eigenvalue weighted by Gasteiger charge is -2.00.